The molecule has 0 radical (unpaired) electrons. The molecule has 1 aliphatic heterocycles. The summed E-state index contributed by atoms with van der Waals surface area (Å²) in [6, 6.07) is -0.689. The third-order valence-corrected chi connectivity index (χ3v) is 7.94. The first-order valence-corrected chi connectivity index (χ1v) is 11.0. The number of carbonyl (C=O) groups excluding carboxylic acids is 3. The van der Waals surface area contributed by atoms with Crippen LogP contribution in [0.15, 0.2) is 0 Å². The smallest absolute Gasteiger partial charge is 0.325 e. The van der Waals surface area contributed by atoms with Crippen LogP contribution in [0.5, 0.6) is 0 Å². The van der Waals surface area contributed by atoms with Gasteiger partial charge in [-0.3, -0.25) is 14.5 Å². The topological polar surface area (TPSA) is 78.5 Å². The zero-order valence-corrected chi connectivity index (χ0v) is 16.0. The van der Waals surface area contributed by atoms with E-state index in [4.69, 9.17) is 0 Å². The summed E-state index contributed by atoms with van der Waals surface area (Å²) >= 11 is 0. The van der Waals surface area contributed by atoms with Crippen LogP contribution in [0.2, 0.25) is 0 Å². The van der Waals surface area contributed by atoms with E-state index in [0.29, 0.717) is 11.8 Å². The number of rotatable bonds is 4. The molecular weight excluding hydrogens is 342 g/mol. The van der Waals surface area contributed by atoms with Crippen LogP contribution in [0.4, 0.5) is 4.79 Å². The monoisotopic (exact) mass is 373 g/mol. The molecule has 2 N–H and O–H groups in total. The van der Waals surface area contributed by atoms with Crippen LogP contribution in [0.25, 0.3) is 0 Å². The van der Waals surface area contributed by atoms with Gasteiger partial charge in [0, 0.05) is 12.1 Å². The lowest BCUT2D eigenvalue weighted by Crippen LogP contribution is -2.56. The molecule has 6 rings (SSSR count). The third kappa shape index (κ3) is 3.15. The summed E-state index contributed by atoms with van der Waals surface area (Å²) < 4.78 is 0. The Balaban J connectivity index is 1.19. The molecule has 4 amide bonds. The SMILES string of the molecule is O=C(C[C@@H]1NC(=O)N(C2CCCCC2)C1=O)NC1C2CC3CC(C2)CC1C3. The second-order valence-electron chi connectivity index (χ2n) is 9.73. The molecule has 0 spiro atoms. The van der Waals surface area contributed by atoms with Gasteiger partial charge in [0.1, 0.15) is 6.04 Å². The first kappa shape index (κ1) is 17.5. The van der Waals surface area contributed by atoms with Crippen LogP contribution < -0.4 is 10.6 Å². The maximum absolute atomic E-state index is 12.8. The first-order valence-electron chi connectivity index (χ1n) is 11.0. The fraction of sp³-hybridized carbons (Fsp3) is 0.857. The maximum atomic E-state index is 12.8. The standard InChI is InChI=1S/C21H31N3O3/c25-18(23-19-14-7-12-6-13(9-14)10-15(19)8-12)11-17-20(26)24(21(27)22-17)16-4-2-1-3-5-16/h12-17,19H,1-11H2,(H,22,27)(H,23,25)/t12?,13?,14?,15?,17-,19?/m0/s1. The van der Waals surface area contributed by atoms with E-state index in [0.717, 1.165) is 37.5 Å². The number of hydrogen-bond acceptors (Lipinski definition) is 3. The molecule has 5 saturated carbocycles. The Bertz CT molecular complexity index is 615. The van der Waals surface area contributed by atoms with Crippen molar-refractivity contribution in [3.63, 3.8) is 0 Å². The fourth-order valence-electron chi connectivity index (χ4n) is 6.96. The summed E-state index contributed by atoms with van der Waals surface area (Å²) in [5.74, 6) is 2.72. The average Bonchev–Trinajstić information content (AvgIpc) is 2.91. The van der Waals surface area contributed by atoms with Crippen LogP contribution in [-0.2, 0) is 9.59 Å². The Kier molecular flexibility index (Phi) is 4.40. The van der Waals surface area contributed by atoms with E-state index in [1.807, 2.05) is 0 Å². The predicted molar refractivity (Wildman–Crippen MR) is 99.6 cm³/mol. The summed E-state index contributed by atoms with van der Waals surface area (Å²) in [5, 5.41) is 6.02. The zero-order valence-electron chi connectivity index (χ0n) is 16.0. The molecule has 1 atom stereocenters. The highest BCUT2D eigenvalue weighted by molar-refractivity contribution is 6.06. The average molecular weight is 373 g/mol. The molecule has 148 valence electrons. The highest BCUT2D eigenvalue weighted by Gasteiger charge is 2.49. The molecule has 0 aromatic rings. The summed E-state index contributed by atoms with van der Waals surface area (Å²) in [4.78, 5) is 39.2. The lowest BCUT2D eigenvalue weighted by Gasteiger charge is -2.54. The molecule has 6 nitrogen and oxygen atoms in total. The van der Waals surface area contributed by atoms with Gasteiger partial charge >= 0.3 is 6.03 Å². The van der Waals surface area contributed by atoms with Crippen molar-refractivity contribution in [1.29, 1.82) is 0 Å². The molecular formula is C21H31N3O3. The van der Waals surface area contributed by atoms with Crippen molar-refractivity contribution in [2.45, 2.75) is 88.8 Å². The summed E-state index contributed by atoms with van der Waals surface area (Å²) in [5.41, 5.74) is 0. The molecule has 0 unspecified atom stereocenters. The predicted octanol–water partition coefficient (Wildman–Crippen LogP) is 2.57. The van der Waals surface area contributed by atoms with Crippen LogP contribution in [-0.4, -0.2) is 40.9 Å². The Labute approximate surface area is 160 Å². The van der Waals surface area contributed by atoms with Crippen LogP contribution >= 0.6 is 0 Å². The van der Waals surface area contributed by atoms with Gasteiger partial charge in [-0.25, -0.2) is 4.79 Å². The lowest BCUT2D eigenvalue weighted by atomic mass is 9.54. The summed E-state index contributed by atoms with van der Waals surface area (Å²) in [7, 11) is 0. The van der Waals surface area contributed by atoms with Gasteiger partial charge in [-0.05, 0) is 68.6 Å². The van der Waals surface area contributed by atoms with Crippen molar-refractivity contribution in [1.82, 2.24) is 15.5 Å². The van der Waals surface area contributed by atoms with E-state index in [1.165, 1.54) is 43.4 Å². The van der Waals surface area contributed by atoms with Crippen LogP contribution in [0.3, 0.4) is 0 Å². The number of carbonyl (C=O) groups is 3. The largest absolute Gasteiger partial charge is 0.353 e. The lowest BCUT2D eigenvalue weighted by molar-refractivity contribution is -0.133. The molecule has 4 bridgehead atoms. The van der Waals surface area contributed by atoms with Gasteiger partial charge in [-0.2, -0.15) is 0 Å². The maximum Gasteiger partial charge on any atom is 0.325 e. The minimum Gasteiger partial charge on any atom is -0.353 e. The van der Waals surface area contributed by atoms with Crippen molar-refractivity contribution in [3.05, 3.63) is 0 Å². The summed E-state index contributed by atoms with van der Waals surface area (Å²) in [6.07, 6.45) is 11.6. The highest BCUT2D eigenvalue weighted by atomic mass is 16.2. The van der Waals surface area contributed by atoms with Gasteiger partial charge in [0.25, 0.3) is 5.91 Å². The number of nitrogens with one attached hydrogen (secondary N) is 2. The van der Waals surface area contributed by atoms with E-state index < -0.39 is 6.04 Å². The first-order chi connectivity index (χ1) is 13.1. The Hall–Kier alpha value is -1.59. The molecule has 5 aliphatic carbocycles. The van der Waals surface area contributed by atoms with E-state index in [-0.39, 0.29) is 36.3 Å². The third-order valence-electron chi connectivity index (χ3n) is 7.94. The Morgan fingerprint density at radius 3 is 2.22 bits per heavy atom. The van der Waals surface area contributed by atoms with E-state index >= 15 is 0 Å². The molecule has 0 aromatic carbocycles. The van der Waals surface area contributed by atoms with Crippen LogP contribution in [0, 0.1) is 23.7 Å². The minimum atomic E-state index is -0.684. The van der Waals surface area contributed by atoms with Crippen molar-refractivity contribution >= 4 is 17.8 Å². The van der Waals surface area contributed by atoms with E-state index in [2.05, 4.69) is 10.6 Å². The minimum absolute atomic E-state index is 0.0173. The number of nitrogens with zero attached hydrogens (tertiary/aromatic N) is 1. The van der Waals surface area contributed by atoms with Crippen molar-refractivity contribution in [3.8, 4) is 0 Å². The number of urea groups is 1. The van der Waals surface area contributed by atoms with Gasteiger partial charge < -0.3 is 10.6 Å². The Morgan fingerprint density at radius 1 is 0.963 bits per heavy atom. The molecule has 1 saturated heterocycles. The summed E-state index contributed by atoms with van der Waals surface area (Å²) in [6.45, 7) is 0. The van der Waals surface area contributed by atoms with Gasteiger partial charge in [0.15, 0.2) is 0 Å². The van der Waals surface area contributed by atoms with Gasteiger partial charge in [-0.15, -0.1) is 0 Å². The second kappa shape index (κ2) is 6.78. The van der Waals surface area contributed by atoms with Crippen molar-refractivity contribution < 1.29 is 14.4 Å². The fourth-order valence-corrected chi connectivity index (χ4v) is 6.96. The molecule has 27 heavy (non-hydrogen) atoms. The highest BCUT2D eigenvalue weighted by Crippen LogP contribution is 2.53. The number of amides is 4. The van der Waals surface area contributed by atoms with Gasteiger partial charge in [0.05, 0.1) is 6.42 Å². The second-order valence-corrected chi connectivity index (χ2v) is 9.73. The zero-order chi connectivity index (χ0) is 18.5. The normalized spacial score (nSPS) is 41.1. The molecule has 6 fully saturated rings. The molecule has 1 heterocycles. The number of hydrogen-bond donors (Lipinski definition) is 2. The number of imide groups is 1. The van der Waals surface area contributed by atoms with Crippen molar-refractivity contribution in [2.75, 3.05) is 0 Å². The molecule has 6 aliphatic rings. The molecule has 0 aromatic heterocycles. The van der Waals surface area contributed by atoms with Gasteiger partial charge in [0.2, 0.25) is 5.91 Å². The van der Waals surface area contributed by atoms with Gasteiger partial charge in [-0.1, -0.05) is 19.3 Å². The van der Waals surface area contributed by atoms with Crippen molar-refractivity contribution in [2.24, 2.45) is 23.7 Å². The van der Waals surface area contributed by atoms with E-state index in [9.17, 15) is 14.4 Å². The van der Waals surface area contributed by atoms with E-state index in [1.54, 1.807) is 0 Å². The molecule has 6 heteroatoms. The quantitative estimate of drug-likeness (QED) is 0.744. The van der Waals surface area contributed by atoms with Crippen LogP contribution in [0.1, 0.15) is 70.6 Å². The Morgan fingerprint density at radius 2 is 1.59 bits per heavy atom.